The molecule has 1 aromatic heterocycles. The average Bonchev–Trinajstić information content (AvgIpc) is 2.67. The molecule has 1 amide bonds. The summed E-state index contributed by atoms with van der Waals surface area (Å²) in [4.78, 5) is 29.8. The first-order chi connectivity index (χ1) is 8.65. The van der Waals surface area contributed by atoms with Crippen LogP contribution in [0.5, 0.6) is 0 Å². The minimum absolute atomic E-state index is 0.0406. The Balaban J connectivity index is 2.92. The Labute approximate surface area is 117 Å². The van der Waals surface area contributed by atoms with E-state index in [1.807, 2.05) is 0 Å². The standard InChI is InChI=1S/C13H20N2O3S/c1-7-9(16)10-8(2)14-11(19-10)15(6)12(17)18-13(3,4)5/h7H2,1-6H3. The van der Waals surface area contributed by atoms with E-state index in [2.05, 4.69) is 4.98 Å². The van der Waals surface area contributed by atoms with E-state index >= 15 is 0 Å². The van der Waals surface area contributed by atoms with Crippen LogP contribution in [0.3, 0.4) is 0 Å². The van der Waals surface area contributed by atoms with Crippen molar-refractivity contribution in [3.8, 4) is 0 Å². The number of ketones is 1. The van der Waals surface area contributed by atoms with Crippen LogP contribution in [0, 0.1) is 6.92 Å². The Morgan fingerprint density at radius 1 is 1.37 bits per heavy atom. The van der Waals surface area contributed by atoms with Crippen LogP contribution in [0.15, 0.2) is 0 Å². The van der Waals surface area contributed by atoms with Gasteiger partial charge in [0.15, 0.2) is 10.9 Å². The summed E-state index contributed by atoms with van der Waals surface area (Å²) >= 11 is 1.22. The van der Waals surface area contributed by atoms with E-state index in [0.717, 1.165) is 0 Å². The van der Waals surface area contributed by atoms with E-state index in [1.165, 1.54) is 16.2 Å². The molecule has 1 aromatic rings. The first-order valence-corrected chi connectivity index (χ1v) is 6.94. The number of anilines is 1. The maximum Gasteiger partial charge on any atom is 0.416 e. The second-order valence-corrected chi connectivity index (χ2v) is 6.20. The molecule has 0 aliphatic rings. The molecule has 0 saturated carbocycles. The molecular formula is C13H20N2O3S. The van der Waals surface area contributed by atoms with Gasteiger partial charge in [0, 0.05) is 13.5 Å². The van der Waals surface area contributed by atoms with Crippen molar-refractivity contribution in [3.05, 3.63) is 10.6 Å². The number of nitrogens with zero attached hydrogens (tertiary/aromatic N) is 2. The molecule has 0 aliphatic carbocycles. The van der Waals surface area contributed by atoms with E-state index in [4.69, 9.17) is 4.74 Å². The highest BCUT2D eigenvalue weighted by Gasteiger charge is 2.24. The number of amides is 1. The molecule has 0 radical (unpaired) electrons. The summed E-state index contributed by atoms with van der Waals surface area (Å²) in [6.45, 7) is 8.98. The fourth-order valence-electron chi connectivity index (χ4n) is 1.35. The minimum Gasteiger partial charge on any atom is -0.443 e. The summed E-state index contributed by atoms with van der Waals surface area (Å²) in [5, 5.41) is 0.476. The lowest BCUT2D eigenvalue weighted by atomic mass is 10.2. The largest absolute Gasteiger partial charge is 0.443 e. The molecule has 0 aromatic carbocycles. The summed E-state index contributed by atoms with van der Waals surface area (Å²) < 4.78 is 5.26. The smallest absolute Gasteiger partial charge is 0.416 e. The van der Waals surface area contributed by atoms with Gasteiger partial charge in [-0.25, -0.2) is 9.78 Å². The Bertz CT molecular complexity index is 489. The Hall–Kier alpha value is -1.43. The van der Waals surface area contributed by atoms with Gasteiger partial charge < -0.3 is 4.74 Å². The van der Waals surface area contributed by atoms with Gasteiger partial charge in [-0.05, 0) is 27.7 Å². The molecule has 0 N–H and O–H groups in total. The molecule has 0 fully saturated rings. The first kappa shape index (κ1) is 15.6. The molecule has 0 bridgehead atoms. The molecule has 6 heteroatoms. The van der Waals surface area contributed by atoms with Crippen LogP contribution < -0.4 is 4.90 Å². The monoisotopic (exact) mass is 284 g/mol. The SMILES string of the molecule is CCC(=O)c1sc(N(C)C(=O)OC(C)(C)C)nc1C. The molecule has 0 atom stereocenters. The van der Waals surface area contributed by atoms with Crippen LogP contribution in [-0.4, -0.2) is 29.5 Å². The van der Waals surface area contributed by atoms with Gasteiger partial charge in [0.05, 0.1) is 10.6 Å². The average molecular weight is 284 g/mol. The van der Waals surface area contributed by atoms with Crippen molar-refractivity contribution in [2.24, 2.45) is 0 Å². The van der Waals surface area contributed by atoms with Crippen molar-refractivity contribution < 1.29 is 14.3 Å². The minimum atomic E-state index is -0.556. The third-order valence-corrected chi connectivity index (χ3v) is 3.59. The second kappa shape index (κ2) is 5.69. The van der Waals surface area contributed by atoms with Crippen molar-refractivity contribution in [3.63, 3.8) is 0 Å². The summed E-state index contributed by atoms with van der Waals surface area (Å²) in [5.74, 6) is 0.0406. The number of aromatic nitrogens is 1. The van der Waals surface area contributed by atoms with Crippen molar-refractivity contribution in [1.82, 2.24) is 4.98 Å². The molecule has 0 saturated heterocycles. The fourth-order valence-corrected chi connectivity index (χ4v) is 2.38. The maximum atomic E-state index is 11.9. The second-order valence-electron chi connectivity index (χ2n) is 5.23. The number of rotatable bonds is 3. The van der Waals surface area contributed by atoms with E-state index in [0.29, 0.717) is 22.1 Å². The lowest BCUT2D eigenvalue weighted by Crippen LogP contribution is -2.34. The van der Waals surface area contributed by atoms with Gasteiger partial charge in [-0.2, -0.15) is 0 Å². The van der Waals surface area contributed by atoms with Crippen molar-refractivity contribution in [2.75, 3.05) is 11.9 Å². The van der Waals surface area contributed by atoms with E-state index < -0.39 is 11.7 Å². The zero-order chi connectivity index (χ0) is 14.8. The molecular weight excluding hydrogens is 264 g/mol. The highest BCUT2D eigenvalue weighted by atomic mass is 32.1. The predicted octanol–water partition coefficient (Wildman–Crippen LogP) is 3.42. The van der Waals surface area contributed by atoms with Gasteiger partial charge in [0.2, 0.25) is 0 Å². The van der Waals surface area contributed by atoms with Crippen LogP contribution in [0.1, 0.15) is 49.5 Å². The quantitative estimate of drug-likeness (QED) is 0.798. The molecule has 0 unspecified atom stereocenters. The van der Waals surface area contributed by atoms with Crippen LogP contribution in [0.25, 0.3) is 0 Å². The zero-order valence-corrected chi connectivity index (χ0v) is 13.1. The number of carbonyl (C=O) groups is 2. The molecule has 106 valence electrons. The molecule has 0 aliphatic heterocycles. The highest BCUT2D eigenvalue weighted by molar-refractivity contribution is 7.17. The number of carbonyl (C=O) groups excluding carboxylic acids is 2. The van der Waals surface area contributed by atoms with E-state index in [-0.39, 0.29) is 5.78 Å². The van der Waals surface area contributed by atoms with Gasteiger partial charge in [0.25, 0.3) is 0 Å². The van der Waals surface area contributed by atoms with E-state index in [9.17, 15) is 9.59 Å². The molecule has 5 nitrogen and oxygen atoms in total. The number of hydrogen-bond donors (Lipinski definition) is 0. The highest BCUT2D eigenvalue weighted by Crippen LogP contribution is 2.27. The summed E-state index contributed by atoms with van der Waals surface area (Å²) in [7, 11) is 1.59. The van der Waals surface area contributed by atoms with Crippen LogP contribution >= 0.6 is 11.3 Å². The van der Waals surface area contributed by atoms with Crippen LogP contribution in [-0.2, 0) is 4.74 Å². The third-order valence-electron chi connectivity index (χ3n) is 2.31. The number of aryl methyl sites for hydroxylation is 1. The predicted molar refractivity (Wildman–Crippen MR) is 76.1 cm³/mol. The van der Waals surface area contributed by atoms with Gasteiger partial charge in [-0.15, -0.1) is 0 Å². The zero-order valence-electron chi connectivity index (χ0n) is 12.2. The number of thiazole rings is 1. The molecule has 1 rings (SSSR count). The van der Waals surface area contributed by atoms with Gasteiger partial charge in [-0.3, -0.25) is 9.69 Å². The fraction of sp³-hybridized carbons (Fsp3) is 0.615. The van der Waals surface area contributed by atoms with Crippen molar-refractivity contribution >= 4 is 28.3 Å². The molecule has 1 heterocycles. The van der Waals surface area contributed by atoms with E-state index in [1.54, 1.807) is 41.7 Å². The number of hydrogen-bond acceptors (Lipinski definition) is 5. The van der Waals surface area contributed by atoms with Crippen molar-refractivity contribution in [1.29, 1.82) is 0 Å². The lowest BCUT2D eigenvalue weighted by Gasteiger charge is -2.23. The van der Waals surface area contributed by atoms with Gasteiger partial charge >= 0.3 is 6.09 Å². The number of ether oxygens (including phenoxy) is 1. The number of Topliss-reactive ketones (excluding diaryl/α,β-unsaturated/α-hetero) is 1. The van der Waals surface area contributed by atoms with Crippen molar-refractivity contribution in [2.45, 2.75) is 46.6 Å². The third kappa shape index (κ3) is 4.02. The van der Waals surface area contributed by atoms with Gasteiger partial charge in [-0.1, -0.05) is 18.3 Å². The molecule has 19 heavy (non-hydrogen) atoms. The Kier molecular flexibility index (Phi) is 4.68. The lowest BCUT2D eigenvalue weighted by molar-refractivity contribution is 0.0589. The van der Waals surface area contributed by atoms with Crippen LogP contribution in [0.4, 0.5) is 9.93 Å². The topological polar surface area (TPSA) is 59.5 Å². The summed E-state index contributed by atoms with van der Waals surface area (Å²) in [5.41, 5.74) is 0.0990. The summed E-state index contributed by atoms with van der Waals surface area (Å²) in [6, 6.07) is 0. The Morgan fingerprint density at radius 3 is 2.42 bits per heavy atom. The normalized spacial score (nSPS) is 11.3. The Morgan fingerprint density at radius 2 is 1.95 bits per heavy atom. The van der Waals surface area contributed by atoms with Gasteiger partial charge in [0.1, 0.15) is 5.60 Å². The maximum absolute atomic E-state index is 11.9. The molecule has 0 spiro atoms. The van der Waals surface area contributed by atoms with Crippen LogP contribution in [0.2, 0.25) is 0 Å². The summed E-state index contributed by atoms with van der Waals surface area (Å²) in [6.07, 6.45) is -0.0460. The first-order valence-electron chi connectivity index (χ1n) is 6.13.